The second kappa shape index (κ2) is 10.4. The molecule has 160 valence electrons. The van der Waals surface area contributed by atoms with Crippen LogP contribution in [0.3, 0.4) is 0 Å². The van der Waals surface area contributed by atoms with Gasteiger partial charge in [0.15, 0.2) is 0 Å². The maximum Gasteiger partial charge on any atom is 0.310 e. The molecule has 0 aromatic heterocycles. The van der Waals surface area contributed by atoms with Gasteiger partial charge in [-0.05, 0) is 52.0 Å². The van der Waals surface area contributed by atoms with Crippen molar-refractivity contribution in [2.75, 3.05) is 10.7 Å². The monoisotopic (exact) mass is 427 g/mol. The predicted octanol–water partition coefficient (Wildman–Crippen LogP) is 4.96. The summed E-state index contributed by atoms with van der Waals surface area (Å²) in [4.78, 5) is 39.8. The van der Waals surface area contributed by atoms with Gasteiger partial charge in [0.1, 0.15) is 11.6 Å². The highest BCUT2D eigenvalue weighted by Crippen LogP contribution is 2.24. The topological polar surface area (TPSA) is 63.7 Å². The SMILES string of the molecule is CC(CSC(=O)[C@H](C)N(C(=O)c1ccccc1)c1ccccc1)C(=O)OC(C)(C)C. The summed E-state index contributed by atoms with van der Waals surface area (Å²) < 4.78 is 5.38. The van der Waals surface area contributed by atoms with Gasteiger partial charge in [-0.25, -0.2) is 0 Å². The third kappa shape index (κ3) is 6.73. The molecule has 5 nitrogen and oxygen atoms in total. The van der Waals surface area contributed by atoms with Gasteiger partial charge in [-0.3, -0.25) is 19.3 Å². The fraction of sp³-hybridized carbons (Fsp3) is 0.375. The first kappa shape index (κ1) is 23.7. The zero-order valence-corrected chi connectivity index (χ0v) is 18.9. The van der Waals surface area contributed by atoms with Crippen LogP contribution in [0.5, 0.6) is 0 Å². The third-order valence-electron chi connectivity index (χ3n) is 4.29. The van der Waals surface area contributed by atoms with E-state index in [1.165, 1.54) is 4.90 Å². The Labute approximate surface area is 182 Å². The van der Waals surface area contributed by atoms with E-state index >= 15 is 0 Å². The molecule has 0 radical (unpaired) electrons. The average Bonchev–Trinajstić information content (AvgIpc) is 2.71. The van der Waals surface area contributed by atoms with Crippen LogP contribution in [0, 0.1) is 5.92 Å². The summed E-state index contributed by atoms with van der Waals surface area (Å²) in [5.74, 6) is -0.722. The normalized spacial score (nSPS) is 13.2. The van der Waals surface area contributed by atoms with Gasteiger partial charge < -0.3 is 4.74 Å². The molecule has 1 unspecified atom stereocenters. The average molecular weight is 428 g/mol. The molecule has 0 aliphatic heterocycles. The van der Waals surface area contributed by atoms with Crippen molar-refractivity contribution in [3.05, 3.63) is 66.2 Å². The van der Waals surface area contributed by atoms with E-state index in [0.29, 0.717) is 17.0 Å². The first-order valence-electron chi connectivity index (χ1n) is 9.93. The smallest absolute Gasteiger partial charge is 0.310 e. The van der Waals surface area contributed by atoms with Crippen LogP contribution < -0.4 is 4.90 Å². The lowest BCUT2D eigenvalue weighted by Crippen LogP contribution is -2.43. The number of benzene rings is 2. The van der Waals surface area contributed by atoms with Crippen molar-refractivity contribution in [1.29, 1.82) is 0 Å². The number of hydrogen-bond donors (Lipinski definition) is 0. The Kier molecular flexibility index (Phi) is 8.24. The number of carbonyl (C=O) groups excluding carboxylic acids is 3. The number of carbonyl (C=O) groups is 3. The van der Waals surface area contributed by atoms with Crippen molar-refractivity contribution >= 4 is 34.4 Å². The van der Waals surface area contributed by atoms with Crippen molar-refractivity contribution < 1.29 is 19.1 Å². The van der Waals surface area contributed by atoms with E-state index in [1.54, 1.807) is 50.2 Å². The second-order valence-corrected chi connectivity index (χ2v) is 9.14. The molecule has 6 heteroatoms. The lowest BCUT2D eigenvalue weighted by molar-refractivity contribution is -0.158. The molecule has 2 rings (SSSR count). The number of amides is 1. The highest BCUT2D eigenvalue weighted by atomic mass is 32.2. The van der Waals surface area contributed by atoms with Gasteiger partial charge in [0.25, 0.3) is 5.91 Å². The summed E-state index contributed by atoms with van der Waals surface area (Å²) in [5, 5.41) is -0.182. The van der Waals surface area contributed by atoms with E-state index in [9.17, 15) is 14.4 Å². The number of para-hydroxylation sites is 1. The van der Waals surface area contributed by atoms with Crippen molar-refractivity contribution in [2.45, 2.75) is 46.3 Å². The highest BCUT2D eigenvalue weighted by molar-refractivity contribution is 8.13. The van der Waals surface area contributed by atoms with E-state index in [1.807, 2.05) is 45.0 Å². The molecule has 1 amide bonds. The largest absolute Gasteiger partial charge is 0.460 e. The molecule has 30 heavy (non-hydrogen) atoms. The van der Waals surface area contributed by atoms with Crippen LogP contribution >= 0.6 is 11.8 Å². The van der Waals surface area contributed by atoms with Gasteiger partial charge in [0.05, 0.1) is 5.92 Å². The lowest BCUT2D eigenvalue weighted by atomic mass is 10.1. The molecular weight excluding hydrogens is 398 g/mol. The van der Waals surface area contributed by atoms with Crippen molar-refractivity contribution in [3.63, 3.8) is 0 Å². The number of thioether (sulfide) groups is 1. The Morgan fingerprint density at radius 1 is 0.933 bits per heavy atom. The maximum atomic E-state index is 13.2. The zero-order valence-electron chi connectivity index (χ0n) is 18.1. The summed E-state index contributed by atoms with van der Waals surface area (Å²) in [6.45, 7) is 8.88. The molecule has 0 fully saturated rings. The van der Waals surface area contributed by atoms with Crippen LogP contribution in [-0.4, -0.2) is 34.4 Å². The molecule has 0 spiro atoms. The van der Waals surface area contributed by atoms with Gasteiger partial charge in [-0.15, -0.1) is 0 Å². The van der Waals surface area contributed by atoms with Crippen molar-refractivity contribution in [2.24, 2.45) is 5.92 Å². The summed E-state index contributed by atoms with van der Waals surface area (Å²) >= 11 is 1.05. The molecule has 0 aliphatic rings. The Hall–Kier alpha value is -2.60. The Bertz CT molecular complexity index is 862. The minimum absolute atomic E-state index is 0.182. The molecule has 0 N–H and O–H groups in total. The molecule has 0 saturated heterocycles. The van der Waals surface area contributed by atoms with E-state index in [-0.39, 0.29) is 17.0 Å². The van der Waals surface area contributed by atoms with Crippen molar-refractivity contribution in [3.8, 4) is 0 Å². The van der Waals surface area contributed by atoms with Crippen LogP contribution in [-0.2, 0) is 14.3 Å². The molecule has 2 aromatic carbocycles. The van der Waals surface area contributed by atoms with Crippen LogP contribution in [0.4, 0.5) is 5.69 Å². The first-order valence-corrected chi connectivity index (χ1v) is 10.9. The summed E-state index contributed by atoms with van der Waals surface area (Å²) in [5.41, 5.74) is 0.584. The molecule has 2 atom stereocenters. The van der Waals surface area contributed by atoms with E-state index in [4.69, 9.17) is 4.74 Å². The Balaban J connectivity index is 2.14. The maximum absolute atomic E-state index is 13.2. The molecule has 0 saturated carbocycles. The Morgan fingerprint density at radius 2 is 1.47 bits per heavy atom. The molecule has 2 aromatic rings. The number of anilines is 1. The van der Waals surface area contributed by atoms with Crippen LogP contribution in [0.1, 0.15) is 45.0 Å². The molecule has 0 bridgehead atoms. The van der Waals surface area contributed by atoms with Crippen LogP contribution in [0.2, 0.25) is 0 Å². The standard InChI is InChI=1S/C24H29NO4S/c1-17(22(27)29-24(3,4)5)16-30-23(28)18(2)25(20-14-10-7-11-15-20)21(26)19-12-8-6-9-13-19/h6-15,17-18H,16H2,1-5H3/t17?,18-/m0/s1. The summed E-state index contributed by atoms with van der Waals surface area (Å²) in [6, 6.07) is 17.3. The minimum atomic E-state index is -0.698. The quantitative estimate of drug-likeness (QED) is 0.585. The number of esters is 1. The van der Waals surface area contributed by atoms with E-state index < -0.39 is 17.6 Å². The van der Waals surface area contributed by atoms with Crippen LogP contribution in [0.15, 0.2) is 60.7 Å². The van der Waals surface area contributed by atoms with Crippen LogP contribution in [0.25, 0.3) is 0 Å². The summed E-state index contributed by atoms with van der Waals surface area (Å²) in [6.07, 6.45) is 0. The number of hydrogen-bond acceptors (Lipinski definition) is 5. The summed E-state index contributed by atoms with van der Waals surface area (Å²) in [7, 11) is 0. The second-order valence-electron chi connectivity index (χ2n) is 8.12. The molecular formula is C24H29NO4S. The van der Waals surface area contributed by atoms with E-state index in [0.717, 1.165) is 11.8 Å². The minimum Gasteiger partial charge on any atom is -0.460 e. The van der Waals surface area contributed by atoms with Gasteiger partial charge in [-0.1, -0.05) is 55.1 Å². The van der Waals surface area contributed by atoms with Crippen molar-refractivity contribution in [1.82, 2.24) is 0 Å². The van der Waals surface area contributed by atoms with Gasteiger partial charge >= 0.3 is 5.97 Å². The number of ether oxygens (including phenoxy) is 1. The molecule has 0 aliphatic carbocycles. The molecule has 0 heterocycles. The van der Waals surface area contributed by atoms with Gasteiger partial charge in [0, 0.05) is 17.0 Å². The fourth-order valence-electron chi connectivity index (χ4n) is 2.73. The van der Waals surface area contributed by atoms with E-state index in [2.05, 4.69) is 0 Å². The zero-order chi connectivity index (χ0) is 22.3. The fourth-order valence-corrected chi connectivity index (χ4v) is 3.63. The number of nitrogens with zero attached hydrogens (tertiary/aromatic N) is 1. The highest BCUT2D eigenvalue weighted by Gasteiger charge is 2.30. The Morgan fingerprint density at radius 3 is 2.00 bits per heavy atom. The predicted molar refractivity (Wildman–Crippen MR) is 122 cm³/mol. The third-order valence-corrected chi connectivity index (χ3v) is 5.58. The lowest BCUT2D eigenvalue weighted by Gasteiger charge is -2.28. The van der Waals surface area contributed by atoms with Gasteiger partial charge in [0.2, 0.25) is 5.12 Å². The van der Waals surface area contributed by atoms with Gasteiger partial charge in [-0.2, -0.15) is 0 Å². The number of rotatable bonds is 7. The first-order chi connectivity index (χ1) is 14.1.